The Morgan fingerprint density at radius 2 is 2.08 bits per heavy atom. The van der Waals surface area contributed by atoms with E-state index in [0.29, 0.717) is 21.4 Å². The van der Waals surface area contributed by atoms with E-state index >= 15 is 0 Å². The first-order valence-electron chi connectivity index (χ1n) is 7.17. The van der Waals surface area contributed by atoms with Gasteiger partial charge in [0, 0.05) is 10.6 Å². The fourth-order valence-corrected chi connectivity index (χ4v) is 2.83. The molecule has 4 nitrogen and oxygen atoms in total. The molecular formula is C17H15BrCl2N2O2. The molecule has 0 aliphatic heterocycles. The lowest BCUT2D eigenvalue weighted by atomic mass is 10.2. The van der Waals surface area contributed by atoms with Gasteiger partial charge in [0.05, 0.1) is 15.7 Å². The monoisotopic (exact) mass is 428 g/mol. The van der Waals surface area contributed by atoms with E-state index in [1.165, 1.54) is 11.8 Å². The van der Waals surface area contributed by atoms with E-state index in [-0.39, 0.29) is 12.5 Å². The van der Waals surface area contributed by atoms with Crippen LogP contribution in [-0.2, 0) is 11.2 Å². The van der Waals surface area contributed by atoms with Gasteiger partial charge in [0.15, 0.2) is 6.61 Å². The summed E-state index contributed by atoms with van der Waals surface area (Å²) in [7, 11) is 0. The van der Waals surface area contributed by atoms with Gasteiger partial charge in [-0.2, -0.15) is 5.10 Å². The summed E-state index contributed by atoms with van der Waals surface area (Å²) in [4.78, 5) is 11.8. The third kappa shape index (κ3) is 5.51. The van der Waals surface area contributed by atoms with Crippen LogP contribution in [-0.4, -0.2) is 18.7 Å². The summed E-state index contributed by atoms with van der Waals surface area (Å²) in [5, 5.41) is 4.84. The van der Waals surface area contributed by atoms with Crippen molar-refractivity contribution in [3.05, 3.63) is 62.0 Å². The highest BCUT2D eigenvalue weighted by Gasteiger charge is 2.06. The predicted octanol–water partition coefficient (Wildman–Crippen LogP) is 4.85. The fourth-order valence-electron chi connectivity index (χ4n) is 1.84. The second-order valence-electron chi connectivity index (χ2n) is 4.87. The lowest BCUT2D eigenvalue weighted by molar-refractivity contribution is -0.123. The number of carbonyl (C=O) groups excluding carboxylic acids is 1. The SMILES string of the molecule is CCc1ccc(OCC(=O)N/N=C/c2ccc(Cl)cc2Cl)c(Br)c1. The van der Waals surface area contributed by atoms with Gasteiger partial charge >= 0.3 is 0 Å². The largest absolute Gasteiger partial charge is 0.483 e. The minimum absolute atomic E-state index is 0.143. The van der Waals surface area contributed by atoms with E-state index in [2.05, 4.69) is 33.4 Å². The Labute approximate surface area is 158 Å². The Hall–Kier alpha value is -1.56. The van der Waals surface area contributed by atoms with E-state index in [4.69, 9.17) is 27.9 Å². The first-order valence-corrected chi connectivity index (χ1v) is 8.72. The number of amides is 1. The Bertz CT molecular complexity index is 766. The van der Waals surface area contributed by atoms with Crippen molar-refractivity contribution >= 4 is 51.3 Å². The van der Waals surface area contributed by atoms with E-state index in [0.717, 1.165) is 10.9 Å². The molecule has 2 aromatic rings. The number of nitrogens with one attached hydrogen (secondary N) is 1. The van der Waals surface area contributed by atoms with Crippen LogP contribution in [0.5, 0.6) is 5.75 Å². The first-order chi connectivity index (χ1) is 11.5. The molecule has 0 fully saturated rings. The number of ether oxygens (including phenoxy) is 1. The normalized spacial score (nSPS) is 10.8. The minimum atomic E-state index is -0.372. The summed E-state index contributed by atoms with van der Waals surface area (Å²) in [5.41, 5.74) is 4.22. The molecule has 0 heterocycles. The van der Waals surface area contributed by atoms with Crippen molar-refractivity contribution in [2.24, 2.45) is 5.10 Å². The molecule has 0 radical (unpaired) electrons. The van der Waals surface area contributed by atoms with Crippen molar-refractivity contribution in [1.82, 2.24) is 5.43 Å². The average Bonchev–Trinajstić information content (AvgIpc) is 2.55. The number of rotatable bonds is 6. The van der Waals surface area contributed by atoms with Crippen molar-refractivity contribution in [2.45, 2.75) is 13.3 Å². The van der Waals surface area contributed by atoms with E-state index < -0.39 is 0 Å². The van der Waals surface area contributed by atoms with E-state index in [1.807, 2.05) is 18.2 Å². The topological polar surface area (TPSA) is 50.7 Å². The summed E-state index contributed by atoms with van der Waals surface area (Å²) in [5.74, 6) is 0.231. The smallest absolute Gasteiger partial charge is 0.277 e. The number of hydrazone groups is 1. The number of hydrogen-bond donors (Lipinski definition) is 1. The molecule has 1 amide bonds. The van der Waals surface area contributed by atoms with E-state index in [9.17, 15) is 4.79 Å². The zero-order valence-electron chi connectivity index (χ0n) is 12.9. The third-order valence-electron chi connectivity index (χ3n) is 3.12. The van der Waals surface area contributed by atoms with Crippen LogP contribution < -0.4 is 10.2 Å². The van der Waals surface area contributed by atoms with Crippen LogP contribution in [0.2, 0.25) is 10.0 Å². The average molecular weight is 430 g/mol. The van der Waals surface area contributed by atoms with Crippen molar-refractivity contribution in [1.29, 1.82) is 0 Å². The zero-order valence-corrected chi connectivity index (χ0v) is 16.0. The van der Waals surface area contributed by atoms with Crippen LogP contribution in [0.15, 0.2) is 46.0 Å². The fraction of sp³-hybridized carbons (Fsp3) is 0.176. The molecule has 0 saturated carbocycles. The van der Waals surface area contributed by atoms with Gasteiger partial charge in [-0.3, -0.25) is 4.79 Å². The zero-order chi connectivity index (χ0) is 17.5. The Morgan fingerprint density at radius 1 is 1.29 bits per heavy atom. The lowest BCUT2D eigenvalue weighted by Crippen LogP contribution is -2.24. The number of aryl methyl sites for hydroxylation is 1. The third-order valence-corrected chi connectivity index (χ3v) is 4.30. The van der Waals surface area contributed by atoms with Crippen molar-refractivity contribution in [2.75, 3.05) is 6.61 Å². The van der Waals surface area contributed by atoms with Gasteiger partial charge in [-0.1, -0.05) is 42.3 Å². The molecule has 0 spiro atoms. The Morgan fingerprint density at radius 3 is 2.75 bits per heavy atom. The molecule has 0 aliphatic carbocycles. The van der Waals surface area contributed by atoms with Crippen molar-refractivity contribution < 1.29 is 9.53 Å². The van der Waals surface area contributed by atoms with Crippen molar-refractivity contribution in [3.8, 4) is 5.75 Å². The predicted molar refractivity (Wildman–Crippen MR) is 101 cm³/mol. The highest BCUT2D eigenvalue weighted by molar-refractivity contribution is 9.10. The van der Waals surface area contributed by atoms with Crippen LogP contribution in [0.25, 0.3) is 0 Å². The Balaban J connectivity index is 1.86. The summed E-state index contributed by atoms with van der Waals surface area (Å²) in [6.07, 6.45) is 2.38. The van der Waals surface area contributed by atoms with Crippen LogP contribution in [0.1, 0.15) is 18.1 Å². The van der Waals surface area contributed by atoms with E-state index in [1.54, 1.807) is 18.2 Å². The molecule has 7 heteroatoms. The van der Waals surface area contributed by atoms with Crippen LogP contribution in [0, 0.1) is 0 Å². The molecule has 2 aromatic carbocycles. The molecule has 2 rings (SSSR count). The lowest BCUT2D eigenvalue weighted by Gasteiger charge is -2.08. The minimum Gasteiger partial charge on any atom is -0.483 e. The first kappa shape index (κ1) is 18.8. The molecule has 1 N–H and O–H groups in total. The van der Waals surface area contributed by atoms with Crippen LogP contribution in [0.4, 0.5) is 0 Å². The van der Waals surface area contributed by atoms with Gasteiger partial charge in [-0.15, -0.1) is 0 Å². The summed E-state index contributed by atoms with van der Waals surface area (Å²) < 4.78 is 6.28. The van der Waals surface area contributed by atoms with Gasteiger partial charge in [0.2, 0.25) is 0 Å². The van der Waals surface area contributed by atoms with Gasteiger partial charge in [0.1, 0.15) is 5.75 Å². The second kappa shape index (κ2) is 9.06. The molecule has 0 aromatic heterocycles. The summed E-state index contributed by atoms with van der Waals surface area (Å²) >= 11 is 15.2. The maximum atomic E-state index is 11.8. The highest BCUT2D eigenvalue weighted by atomic mass is 79.9. The molecule has 24 heavy (non-hydrogen) atoms. The number of halogens is 3. The number of nitrogens with zero attached hydrogens (tertiary/aromatic N) is 1. The van der Waals surface area contributed by atoms with Crippen LogP contribution >= 0.6 is 39.1 Å². The van der Waals surface area contributed by atoms with Gasteiger partial charge in [-0.25, -0.2) is 5.43 Å². The number of benzene rings is 2. The molecule has 0 unspecified atom stereocenters. The van der Waals surface area contributed by atoms with Crippen LogP contribution in [0.3, 0.4) is 0 Å². The van der Waals surface area contributed by atoms with Crippen molar-refractivity contribution in [3.63, 3.8) is 0 Å². The second-order valence-corrected chi connectivity index (χ2v) is 6.56. The summed E-state index contributed by atoms with van der Waals surface area (Å²) in [6.45, 7) is 1.93. The highest BCUT2D eigenvalue weighted by Crippen LogP contribution is 2.26. The number of carbonyl (C=O) groups is 1. The van der Waals surface area contributed by atoms with Gasteiger partial charge < -0.3 is 4.74 Å². The van der Waals surface area contributed by atoms with Gasteiger partial charge in [-0.05, 0) is 52.2 Å². The number of hydrogen-bond acceptors (Lipinski definition) is 3. The maximum Gasteiger partial charge on any atom is 0.277 e. The molecule has 0 aliphatic rings. The Kier molecular flexibility index (Phi) is 7.09. The van der Waals surface area contributed by atoms with Gasteiger partial charge in [0.25, 0.3) is 5.91 Å². The summed E-state index contributed by atoms with van der Waals surface area (Å²) in [6, 6.07) is 10.8. The standard InChI is InChI=1S/C17H15BrCl2N2O2/c1-2-11-3-6-16(14(18)7-11)24-10-17(23)22-21-9-12-4-5-13(19)8-15(12)20/h3-9H,2,10H2,1H3,(H,22,23)/b21-9+. The molecular weight excluding hydrogens is 415 g/mol. The molecule has 126 valence electrons. The molecule has 0 saturated heterocycles. The maximum absolute atomic E-state index is 11.8. The quantitative estimate of drug-likeness (QED) is 0.527. The molecule has 0 bridgehead atoms. The molecule has 0 atom stereocenters.